The van der Waals surface area contributed by atoms with Gasteiger partial charge in [0.25, 0.3) is 0 Å². The zero-order valence-corrected chi connectivity index (χ0v) is 11.1. The SMILES string of the molecule is CCCCN(c1ccc(C)cc1CN)C1CC1. The standard InChI is InChI=1S/C15H24N2/c1-3-4-9-17(14-6-7-14)15-8-5-12(2)10-13(15)11-16/h5,8,10,14H,3-4,6-7,9,11,16H2,1-2H3. The lowest BCUT2D eigenvalue weighted by Gasteiger charge is -2.27. The maximum absolute atomic E-state index is 5.88. The Hall–Kier alpha value is -1.02. The molecule has 0 unspecified atom stereocenters. The molecule has 0 aromatic heterocycles. The molecule has 0 saturated heterocycles. The summed E-state index contributed by atoms with van der Waals surface area (Å²) in [5.41, 5.74) is 9.85. The summed E-state index contributed by atoms with van der Waals surface area (Å²) in [6.45, 7) is 6.21. The van der Waals surface area contributed by atoms with Gasteiger partial charge in [0.2, 0.25) is 0 Å². The molecule has 1 saturated carbocycles. The molecule has 2 heteroatoms. The van der Waals surface area contributed by atoms with Crippen molar-refractivity contribution in [1.82, 2.24) is 0 Å². The van der Waals surface area contributed by atoms with Crippen molar-refractivity contribution in [3.63, 3.8) is 0 Å². The molecule has 0 aliphatic heterocycles. The molecular weight excluding hydrogens is 208 g/mol. The number of aryl methyl sites for hydroxylation is 1. The van der Waals surface area contributed by atoms with Crippen LogP contribution in [0.5, 0.6) is 0 Å². The largest absolute Gasteiger partial charge is 0.368 e. The van der Waals surface area contributed by atoms with Crippen LogP contribution < -0.4 is 10.6 Å². The van der Waals surface area contributed by atoms with Crippen LogP contribution in [0.15, 0.2) is 18.2 Å². The lowest BCUT2D eigenvalue weighted by Crippen LogP contribution is -2.28. The minimum atomic E-state index is 0.645. The van der Waals surface area contributed by atoms with Gasteiger partial charge in [0, 0.05) is 24.8 Å². The molecule has 0 amide bonds. The van der Waals surface area contributed by atoms with Crippen LogP contribution in [0, 0.1) is 6.92 Å². The van der Waals surface area contributed by atoms with Gasteiger partial charge in [-0.2, -0.15) is 0 Å². The third-order valence-electron chi connectivity index (χ3n) is 3.50. The second kappa shape index (κ2) is 5.54. The topological polar surface area (TPSA) is 29.3 Å². The fraction of sp³-hybridized carbons (Fsp3) is 0.600. The molecule has 2 nitrogen and oxygen atoms in total. The van der Waals surface area contributed by atoms with Crippen LogP contribution in [-0.2, 0) is 6.54 Å². The molecule has 2 N–H and O–H groups in total. The summed E-state index contributed by atoms with van der Waals surface area (Å²) in [5, 5.41) is 0. The minimum absolute atomic E-state index is 0.645. The zero-order chi connectivity index (χ0) is 12.3. The van der Waals surface area contributed by atoms with E-state index in [1.807, 2.05) is 0 Å². The lowest BCUT2D eigenvalue weighted by atomic mass is 10.1. The van der Waals surface area contributed by atoms with Crippen molar-refractivity contribution >= 4 is 5.69 Å². The van der Waals surface area contributed by atoms with Crippen LogP contribution in [-0.4, -0.2) is 12.6 Å². The number of nitrogens with zero attached hydrogens (tertiary/aromatic N) is 1. The number of anilines is 1. The molecular formula is C15H24N2. The van der Waals surface area contributed by atoms with Crippen LogP contribution in [0.3, 0.4) is 0 Å². The van der Waals surface area contributed by atoms with E-state index in [4.69, 9.17) is 5.73 Å². The van der Waals surface area contributed by atoms with Crippen molar-refractivity contribution in [1.29, 1.82) is 0 Å². The Bertz CT molecular complexity index is 369. The summed E-state index contributed by atoms with van der Waals surface area (Å²) in [6.07, 6.45) is 5.23. The highest BCUT2D eigenvalue weighted by Gasteiger charge is 2.29. The quantitative estimate of drug-likeness (QED) is 0.816. The zero-order valence-electron chi connectivity index (χ0n) is 11.1. The maximum atomic E-state index is 5.88. The van der Waals surface area contributed by atoms with E-state index >= 15 is 0 Å². The first-order valence-corrected chi connectivity index (χ1v) is 6.82. The van der Waals surface area contributed by atoms with Gasteiger partial charge in [-0.25, -0.2) is 0 Å². The first kappa shape index (κ1) is 12.4. The van der Waals surface area contributed by atoms with Gasteiger partial charge in [0.15, 0.2) is 0 Å². The molecule has 0 atom stereocenters. The first-order chi connectivity index (χ1) is 8.26. The summed E-state index contributed by atoms with van der Waals surface area (Å²) in [4.78, 5) is 2.57. The molecule has 1 aliphatic carbocycles. The van der Waals surface area contributed by atoms with Crippen LogP contribution in [0.4, 0.5) is 5.69 Å². The second-order valence-corrected chi connectivity index (χ2v) is 5.11. The molecule has 1 fully saturated rings. The smallest absolute Gasteiger partial charge is 0.0414 e. The summed E-state index contributed by atoms with van der Waals surface area (Å²) in [7, 11) is 0. The van der Waals surface area contributed by atoms with Gasteiger partial charge in [0.05, 0.1) is 0 Å². The number of nitrogens with two attached hydrogens (primary N) is 1. The van der Waals surface area contributed by atoms with E-state index in [-0.39, 0.29) is 0 Å². The van der Waals surface area contributed by atoms with Crippen molar-refractivity contribution < 1.29 is 0 Å². The second-order valence-electron chi connectivity index (χ2n) is 5.11. The number of hydrogen-bond donors (Lipinski definition) is 1. The highest BCUT2D eigenvalue weighted by molar-refractivity contribution is 5.56. The van der Waals surface area contributed by atoms with E-state index in [2.05, 4.69) is 36.9 Å². The highest BCUT2D eigenvalue weighted by Crippen LogP contribution is 2.34. The molecule has 0 radical (unpaired) electrons. The first-order valence-electron chi connectivity index (χ1n) is 6.82. The number of benzene rings is 1. The van der Waals surface area contributed by atoms with Crippen LogP contribution in [0.2, 0.25) is 0 Å². The highest BCUT2D eigenvalue weighted by atomic mass is 15.2. The lowest BCUT2D eigenvalue weighted by molar-refractivity contribution is 0.709. The third-order valence-corrected chi connectivity index (χ3v) is 3.50. The Kier molecular flexibility index (Phi) is 4.06. The molecule has 1 aromatic carbocycles. The Morgan fingerprint density at radius 3 is 2.71 bits per heavy atom. The van der Waals surface area contributed by atoms with Gasteiger partial charge < -0.3 is 10.6 Å². The fourth-order valence-electron chi connectivity index (χ4n) is 2.37. The van der Waals surface area contributed by atoms with Crippen LogP contribution >= 0.6 is 0 Å². The Morgan fingerprint density at radius 2 is 2.12 bits per heavy atom. The van der Waals surface area contributed by atoms with Gasteiger partial charge in [-0.05, 0) is 37.8 Å². The summed E-state index contributed by atoms with van der Waals surface area (Å²) < 4.78 is 0. The van der Waals surface area contributed by atoms with Gasteiger partial charge >= 0.3 is 0 Å². The number of rotatable bonds is 6. The van der Waals surface area contributed by atoms with Crippen LogP contribution in [0.1, 0.15) is 43.7 Å². The van der Waals surface area contributed by atoms with Crippen molar-refractivity contribution in [2.45, 2.75) is 52.1 Å². The van der Waals surface area contributed by atoms with E-state index < -0.39 is 0 Å². The van der Waals surface area contributed by atoms with Crippen molar-refractivity contribution in [3.05, 3.63) is 29.3 Å². The van der Waals surface area contributed by atoms with Gasteiger partial charge in [-0.3, -0.25) is 0 Å². The van der Waals surface area contributed by atoms with E-state index in [1.54, 1.807) is 0 Å². The molecule has 0 spiro atoms. The molecule has 0 heterocycles. The molecule has 1 aliphatic rings. The average Bonchev–Trinajstić information content (AvgIpc) is 3.15. The monoisotopic (exact) mass is 232 g/mol. The molecule has 2 rings (SSSR count). The maximum Gasteiger partial charge on any atom is 0.0414 e. The summed E-state index contributed by atoms with van der Waals surface area (Å²) in [5.74, 6) is 0. The average molecular weight is 232 g/mol. The Morgan fingerprint density at radius 1 is 1.35 bits per heavy atom. The number of unbranched alkanes of at least 4 members (excludes halogenated alkanes) is 1. The van der Waals surface area contributed by atoms with E-state index in [1.165, 1.54) is 49.0 Å². The fourth-order valence-corrected chi connectivity index (χ4v) is 2.37. The summed E-state index contributed by atoms with van der Waals surface area (Å²) in [6, 6.07) is 7.47. The van der Waals surface area contributed by atoms with E-state index in [0.29, 0.717) is 6.54 Å². The van der Waals surface area contributed by atoms with E-state index in [0.717, 1.165) is 6.04 Å². The van der Waals surface area contributed by atoms with Gasteiger partial charge in [-0.1, -0.05) is 31.0 Å². The number of hydrogen-bond acceptors (Lipinski definition) is 2. The molecule has 0 bridgehead atoms. The normalized spacial score (nSPS) is 15.0. The van der Waals surface area contributed by atoms with Crippen molar-refractivity contribution in [2.75, 3.05) is 11.4 Å². The third kappa shape index (κ3) is 3.01. The molecule has 1 aromatic rings. The minimum Gasteiger partial charge on any atom is -0.368 e. The van der Waals surface area contributed by atoms with Crippen molar-refractivity contribution in [2.24, 2.45) is 5.73 Å². The predicted molar refractivity (Wildman–Crippen MR) is 74.3 cm³/mol. The molecule has 17 heavy (non-hydrogen) atoms. The molecule has 94 valence electrons. The van der Waals surface area contributed by atoms with Crippen molar-refractivity contribution in [3.8, 4) is 0 Å². The summed E-state index contributed by atoms with van der Waals surface area (Å²) >= 11 is 0. The Balaban J connectivity index is 2.21. The van der Waals surface area contributed by atoms with Gasteiger partial charge in [-0.15, -0.1) is 0 Å². The Labute approximate surface area is 105 Å². The predicted octanol–water partition coefficient (Wildman–Crippen LogP) is 3.22. The van der Waals surface area contributed by atoms with Gasteiger partial charge in [0.1, 0.15) is 0 Å². The van der Waals surface area contributed by atoms with Crippen LogP contribution in [0.25, 0.3) is 0 Å². The van der Waals surface area contributed by atoms with E-state index in [9.17, 15) is 0 Å².